The second kappa shape index (κ2) is 10.5. The van der Waals surface area contributed by atoms with Crippen LogP contribution in [-0.2, 0) is 20.7 Å². The molecule has 1 aromatic carbocycles. The highest BCUT2D eigenvalue weighted by molar-refractivity contribution is 5.91. The summed E-state index contributed by atoms with van der Waals surface area (Å²) in [7, 11) is 0. The van der Waals surface area contributed by atoms with Gasteiger partial charge in [0.1, 0.15) is 24.3 Å². The minimum atomic E-state index is -1.07. The van der Waals surface area contributed by atoms with Crippen LogP contribution >= 0.6 is 0 Å². The average Bonchev–Trinajstić information content (AvgIpc) is 3.12. The highest BCUT2D eigenvalue weighted by Crippen LogP contribution is 2.25. The highest BCUT2D eigenvalue weighted by atomic mass is 19.1. The Morgan fingerprint density at radius 2 is 1.93 bits per heavy atom. The molecule has 1 aromatic rings. The molecule has 0 spiro atoms. The molecule has 0 saturated heterocycles. The summed E-state index contributed by atoms with van der Waals surface area (Å²) in [5.74, 6) is 0.0645. The fourth-order valence-corrected chi connectivity index (χ4v) is 3.06. The summed E-state index contributed by atoms with van der Waals surface area (Å²) in [5.41, 5.74) is 0.242. The molecular formula is C21H23F2NO3. The van der Waals surface area contributed by atoms with Crippen molar-refractivity contribution in [3.05, 3.63) is 47.5 Å². The molecule has 1 aliphatic carbocycles. The molecule has 144 valence electrons. The number of amides is 1. The molecule has 1 amide bonds. The van der Waals surface area contributed by atoms with E-state index in [1.54, 1.807) is 0 Å². The first-order valence-electron chi connectivity index (χ1n) is 9.01. The molecule has 1 fully saturated rings. The SMILES string of the molecule is C#CCCOC(=O)C(Cc1cc(F)cc(F)c1)NC(=O)/C=C/C1CCCC1. The maximum absolute atomic E-state index is 13.4. The number of terminal acetylenes is 1. The molecule has 2 rings (SSSR count). The summed E-state index contributed by atoms with van der Waals surface area (Å²) >= 11 is 0. The Morgan fingerprint density at radius 3 is 2.56 bits per heavy atom. The molecule has 1 atom stereocenters. The van der Waals surface area contributed by atoms with Crippen molar-refractivity contribution in [1.29, 1.82) is 0 Å². The van der Waals surface area contributed by atoms with Crippen molar-refractivity contribution in [2.45, 2.75) is 44.6 Å². The van der Waals surface area contributed by atoms with E-state index in [2.05, 4.69) is 11.2 Å². The van der Waals surface area contributed by atoms with Gasteiger partial charge in [0.15, 0.2) is 0 Å². The molecule has 0 radical (unpaired) electrons. The molecule has 0 heterocycles. The zero-order valence-electron chi connectivity index (χ0n) is 15.0. The van der Waals surface area contributed by atoms with E-state index in [1.807, 2.05) is 6.08 Å². The molecule has 0 aromatic heterocycles. The number of rotatable bonds is 8. The Labute approximate surface area is 158 Å². The van der Waals surface area contributed by atoms with Crippen molar-refractivity contribution in [1.82, 2.24) is 5.32 Å². The standard InChI is InChI=1S/C21H23F2NO3/c1-2-3-10-27-21(26)19(13-16-11-17(22)14-18(23)12-16)24-20(25)9-8-15-6-4-5-7-15/h1,8-9,11-12,14-15,19H,3-7,10,13H2,(H,24,25)/b9-8+. The second-order valence-electron chi connectivity index (χ2n) is 6.57. The lowest BCUT2D eigenvalue weighted by molar-refractivity contribution is -0.147. The fraction of sp³-hybridized carbons (Fsp3) is 0.429. The molecule has 1 aliphatic rings. The topological polar surface area (TPSA) is 55.4 Å². The number of benzene rings is 1. The molecule has 1 unspecified atom stereocenters. The Kier molecular flexibility index (Phi) is 8.00. The van der Waals surface area contributed by atoms with Crippen LogP contribution in [0.2, 0.25) is 0 Å². The van der Waals surface area contributed by atoms with Crippen LogP contribution in [0.5, 0.6) is 0 Å². The summed E-state index contributed by atoms with van der Waals surface area (Å²) in [5, 5.41) is 2.56. The minimum Gasteiger partial charge on any atom is -0.463 e. The third-order valence-electron chi connectivity index (χ3n) is 4.37. The third-order valence-corrected chi connectivity index (χ3v) is 4.37. The molecule has 1 saturated carbocycles. The summed E-state index contributed by atoms with van der Waals surface area (Å²) in [4.78, 5) is 24.5. The van der Waals surface area contributed by atoms with Crippen LogP contribution in [-0.4, -0.2) is 24.5 Å². The van der Waals surface area contributed by atoms with Crippen LogP contribution in [0.3, 0.4) is 0 Å². The third kappa shape index (κ3) is 7.22. The van der Waals surface area contributed by atoms with Crippen LogP contribution in [0.4, 0.5) is 8.78 Å². The van der Waals surface area contributed by atoms with E-state index in [-0.39, 0.29) is 25.0 Å². The second-order valence-corrected chi connectivity index (χ2v) is 6.57. The van der Waals surface area contributed by atoms with Gasteiger partial charge in [-0.1, -0.05) is 18.9 Å². The van der Waals surface area contributed by atoms with Crippen molar-refractivity contribution < 1.29 is 23.1 Å². The van der Waals surface area contributed by atoms with Gasteiger partial charge in [0, 0.05) is 18.9 Å². The van der Waals surface area contributed by atoms with Crippen molar-refractivity contribution in [2.24, 2.45) is 5.92 Å². The molecule has 0 aliphatic heterocycles. The molecular weight excluding hydrogens is 352 g/mol. The van der Waals surface area contributed by atoms with Gasteiger partial charge in [-0.2, -0.15) is 0 Å². The van der Waals surface area contributed by atoms with Gasteiger partial charge in [-0.25, -0.2) is 13.6 Å². The van der Waals surface area contributed by atoms with E-state index in [4.69, 9.17) is 11.2 Å². The van der Waals surface area contributed by atoms with Gasteiger partial charge in [-0.05, 0) is 42.5 Å². The van der Waals surface area contributed by atoms with Crippen LogP contribution in [0.15, 0.2) is 30.4 Å². The Hall–Kier alpha value is -2.68. The number of hydrogen-bond donors (Lipinski definition) is 1. The smallest absolute Gasteiger partial charge is 0.329 e. The van der Waals surface area contributed by atoms with Gasteiger partial charge in [0.05, 0.1) is 0 Å². The fourth-order valence-electron chi connectivity index (χ4n) is 3.06. The Balaban J connectivity index is 2.04. The van der Waals surface area contributed by atoms with Gasteiger partial charge in [-0.15, -0.1) is 12.3 Å². The van der Waals surface area contributed by atoms with Gasteiger partial charge in [0.2, 0.25) is 5.91 Å². The average molecular weight is 375 g/mol. The number of hydrogen-bond acceptors (Lipinski definition) is 3. The summed E-state index contributed by atoms with van der Waals surface area (Å²) < 4.78 is 31.9. The van der Waals surface area contributed by atoms with Crippen molar-refractivity contribution in [3.63, 3.8) is 0 Å². The van der Waals surface area contributed by atoms with E-state index < -0.39 is 29.6 Å². The largest absolute Gasteiger partial charge is 0.463 e. The number of nitrogens with one attached hydrogen (secondary N) is 1. The van der Waals surface area contributed by atoms with Gasteiger partial charge in [-0.3, -0.25) is 4.79 Å². The lowest BCUT2D eigenvalue weighted by Gasteiger charge is -2.17. The maximum Gasteiger partial charge on any atom is 0.329 e. The van der Waals surface area contributed by atoms with Crippen LogP contribution < -0.4 is 5.32 Å². The number of carbonyl (C=O) groups excluding carboxylic acids is 2. The monoisotopic (exact) mass is 375 g/mol. The predicted molar refractivity (Wildman–Crippen MR) is 97.5 cm³/mol. The number of esters is 1. The maximum atomic E-state index is 13.4. The number of halogens is 2. The van der Waals surface area contributed by atoms with Crippen molar-refractivity contribution in [2.75, 3.05) is 6.61 Å². The van der Waals surface area contributed by atoms with Gasteiger partial charge in [0.25, 0.3) is 0 Å². The van der Waals surface area contributed by atoms with Gasteiger partial charge < -0.3 is 10.1 Å². The van der Waals surface area contributed by atoms with E-state index in [0.29, 0.717) is 5.92 Å². The first-order valence-corrected chi connectivity index (χ1v) is 9.01. The molecule has 0 bridgehead atoms. The van der Waals surface area contributed by atoms with Crippen molar-refractivity contribution >= 4 is 11.9 Å². The first-order chi connectivity index (χ1) is 13.0. The molecule has 27 heavy (non-hydrogen) atoms. The summed E-state index contributed by atoms with van der Waals surface area (Å²) in [6.07, 6.45) is 12.9. The van der Waals surface area contributed by atoms with Gasteiger partial charge >= 0.3 is 5.97 Å². The van der Waals surface area contributed by atoms with Crippen LogP contribution in [0.1, 0.15) is 37.7 Å². The Morgan fingerprint density at radius 1 is 1.26 bits per heavy atom. The lowest BCUT2D eigenvalue weighted by Crippen LogP contribution is -2.43. The van der Waals surface area contributed by atoms with E-state index in [0.717, 1.165) is 43.9 Å². The van der Waals surface area contributed by atoms with Crippen LogP contribution in [0.25, 0.3) is 0 Å². The van der Waals surface area contributed by atoms with Crippen molar-refractivity contribution in [3.8, 4) is 12.3 Å². The van der Waals surface area contributed by atoms with E-state index in [1.165, 1.54) is 6.08 Å². The van der Waals surface area contributed by atoms with E-state index >= 15 is 0 Å². The number of ether oxygens (including phenoxy) is 1. The number of allylic oxidation sites excluding steroid dienone is 1. The summed E-state index contributed by atoms with van der Waals surface area (Å²) in [6, 6.07) is 1.91. The van der Waals surface area contributed by atoms with Crippen LogP contribution in [0, 0.1) is 29.9 Å². The zero-order valence-corrected chi connectivity index (χ0v) is 15.0. The van der Waals surface area contributed by atoms with E-state index in [9.17, 15) is 18.4 Å². The summed E-state index contributed by atoms with van der Waals surface area (Å²) in [6.45, 7) is 0.0110. The quantitative estimate of drug-likeness (QED) is 0.328. The first kappa shape index (κ1) is 20.6. The molecule has 1 N–H and O–H groups in total. The highest BCUT2D eigenvalue weighted by Gasteiger charge is 2.23. The lowest BCUT2D eigenvalue weighted by atomic mass is 10.0. The Bertz CT molecular complexity index is 713. The number of carbonyl (C=O) groups is 2. The molecule has 4 nitrogen and oxygen atoms in total. The minimum absolute atomic E-state index is 0.0110. The zero-order chi connectivity index (χ0) is 19.6. The molecule has 6 heteroatoms. The predicted octanol–water partition coefficient (Wildman–Crippen LogP) is 3.31. The normalized spacial score (nSPS) is 15.4.